The number of rotatable bonds is 3. The highest BCUT2D eigenvalue weighted by molar-refractivity contribution is 6.51. The molecule has 0 aromatic heterocycles. The van der Waals surface area contributed by atoms with Crippen molar-refractivity contribution in [1.82, 2.24) is 0 Å². The van der Waals surface area contributed by atoms with E-state index in [4.69, 9.17) is 33.2 Å². The Morgan fingerprint density at radius 3 is 2.53 bits per heavy atom. The van der Waals surface area contributed by atoms with Gasteiger partial charge in [-0.1, -0.05) is 13.0 Å². The van der Waals surface area contributed by atoms with Gasteiger partial charge in [0.2, 0.25) is 0 Å². The van der Waals surface area contributed by atoms with E-state index in [-0.39, 0.29) is 12.2 Å². The SMILES string of the molecule is CCOC(=O)C(C#N)=CC1(C)CC1(Cl)Cl. The molecule has 0 spiro atoms. The number of carbonyl (C=O) groups is 1. The predicted octanol–water partition coefficient (Wildman–Crippen LogP) is 2.58. The fourth-order valence-corrected chi connectivity index (χ4v) is 1.90. The van der Waals surface area contributed by atoms with E-state index in [0.717, 1.165) is 0 Å². The zero-order valence-corrected chi connectivity index (χ0v) is 10.0. The predicted molar refractivity (Wildman–Crippen MR) is 57.5 cm³/mol. The molecule has 0 aliphatic heterocycles. The lowest BCUT2D eigenvalue weighted by Crippen LogP contribution is -2.10. The largest absolute Gasteiger partial charge is 0.462 e. The third kappa shape index (κ3) is 2.45. The van der Waals surface area contributed by atoms with E-state index >= 15 is 0 Å². The van der Waals surface area contributed by atoms with Gasteiger partial charge in [-0.25, -0.2) is 4.79 Å². The first-order valence-electron chi connectivity index (χ1n) is 4.54. The maximum Gasteiger partial charge on any atom is 0.348 e. The number of carbonyl (C=O) groups excluding carboxylic acids is 1. The van der Waals surface area contributed by atoms with E-state index in [1.165, 1.54) is 6.08 Å². The van der Waals surface area contributed by atoms with Crippen LogP contribution < -0.4 is 0 Å². The quantitative estimate of drug-likeness (QED) is 0.334. The molecule has 5 heteroatoms. The van der Waals surface area contributed by atoms with Gasteiger partial charge in [0.25, 0.3) is 0 Å². The monoisotopic (exact) mass is 247 g/mol. The minimum Gasteiger partial charge on any atom is -0.462 e. The number of halogens is 2. The molecule has 1 fully saturated rings. The van der Waals surface area contributed by atoms with E-state index in [0.29, 0.717) is 6.42 Å². The third-order valence-corrected chi connectivity index (χ3v) is 3.51. The molecule has 0 radical (unpaired) electrons. The second-order valence-corrected chi connectivity index (χ2v) is 5.17. The van der Waals surface area contributed by atoms with Crippen LogP contribution in [0.15, 0.2) is 11.6 Å². The molecule has 82 valence electrons. The Balaban J connectivity index is 2.82. The first kappa shape index (κ1) is 12.4. The van der Waals surface area contributed by atoms with E-state index in [9.17, 15) is 4.79 Å². The van der Waals surface area contributed by atoms with E-state index in [1.54, 1.807) is 19.9 Å². The molecule has 0 N–H and O–H groups in total. The van der Waals surface area contributed by atoms with Gasteiger partial charge >= 0.3 is 5.97 Å². The number of nitriles is 1. The van der Waals surface area contributed by atoms with Crippen molar-refractivity contribution in [3.63, 3.8) is 0 Å². The normalized spacial score (nSPS) is 28.1. The average Bonchev–Trinajstić information content (AvgIpc) is 2.62. The zero-order chi connectivity index (χ0) is 11.7. The minimum absolute atomic E-state index is 0.0393. The number of hydrogen-bond acceptors (Lipinski definition) is 3. The van der Waals surface area contributed by atoms with Gasteiger partial charge in [0.05, 0.1) is 6.61 Å². The molecular weight excluding hydrogens is 237 g/mol. The Morgan fingerprint density at radius 1 is 1.67 bits per heavy atom. The maximum atomic E-state index is 11.3. The first-order valence-corrected chi connectivity index (χ1v) is 5.30. The van der Waals surface area contributed by atoms with Gasteiger partial charge in [-0.2, -0.15) is 5.26 Å². The lowest BCUT2D eigenvalue weighted by molar-refractivity contribution is -0.138. The molecule has 0 heterocycles. The number of ether oxygens (including phenoxy) is 1. The fourth-order valence-electron chi connectivity index (χ4n) is 1.24. The average molecular weight is 248 g/mol. The van der Waals surface area contributed by atoms with Gasteiger partial charge < -0.3 is 4.74 Å². The van der Waals surface area contributed by atoms with Gasteiger partial charge in [0.1, 0.15) is 16.0 Å². The van der Waals surface area contributed by atoms with E-state index in [1.807, 2.05) is 0 Å². The summed E-state index contributed by atoms with van der Waals surface area (Å²) in [6, 6.07) is 1.79. The van der Waals surface area contributed by atoms with Crippen LogP contribution in [0.4, 0.5) is 0 Å². The van der Waals surface area contributed by atoms with E-state index < -0.39 is 15.7 Å². The lowest BCUT2D eigenvalue weighted by atomic mass is 10.1. The van der Waals surface area contributed by atoms with Crippen LogP contribution in [0, 0.1) is 16.7 Å². The fraction of sp³-hybridized carbons (Fsp3) is 0.600. The molecule has 1 aliphatic rings. The minimum atomic E-state index is -0.873. The highest BCUT2D eigenvalue weighted by Gasteiger charge is 2.61. The molecule has 1 aliphatic carbocycles. The highest BCUT2D eigenvalue weighted by atomic mass is 35.5. The maximum absolute atomic E-state index is 11.3. The van der Waals surface area contributed by atoms with Crippen molar-refractivity contribution in [3.05, 3.63) is 11.6 Å². The van der Waals surface area contributed by atoms with E-state index in [2.05, 4.69) is 0 Å². The molecule has 1 rings (SSSR count). The Kier molecular flexibility index (Phi) is 3.32. The van der Waals surface area contributed by atoms with Crippen LogP contribution in [-0.2, 0) is 9.53 Å². The molecular formula is C10H11Cl2NO2. The van der Waals surface area contributed by atoms with Gasteiger partial charge in [0.15, 0.2) is 0 Å². The van der Waals surface area contributed by atoms with Crippen molar-refractivity contribution in [1.29, 1.82) is 5.26 Å². The third-order valence-electron chi connectivity index (χ3n) is 2.38. The molecule has 0 saturated heterocycles. The van der Waals surface area contributed by atoms with Crippen molar-refractivity contribution >= 4 is 29.2 Å². The van der Waals surface area contributed by atoms with Crippen molar-refractivity contribution < 1.29 is 9.53 Å². The molecule has 1 unspecified atom stereocenters. The lowest BCUT2D eigenvalue weighted by Gasteiger charge is -2.06. The molecule has 1 atom stereocenters. The number of esters is 1. The second-order valence-electron chi connectivity index (χ2n) is 3.69. The molecule has 1 saturated carbocycles. The van der Waals surface area contributed by atoms with Gasteiger partial charge in [0, 0.05) is 5.41 Å². The summed E-state index contributed by atoms with van der Waals surface area (Å²) in [5.41, 5.74) is -0.545. The van der Waals surface area contributed by atoms with Crippen molar-refractivity contribution in [2.24, 2.45) is 5.41 Å². The van der Waals surface area contributed by atoms with Gasteiger partial charge in [-0.3, -0.25) is 0 Å². The van der Waals surface area contributed by atoms with Gasteiger partial charge in [-0.15, -0.1) is 23.2 Å². The van der Waals surface area contributed by atoms with Crippen LogP contribution in [0.3, 0.4) is 0 Å². The van der Waals surface area contributed by atoms with Crippen LogP contribution in [0.25, 0.3) is 0 Å². The Bertz CT molecular complexity index is 357. The summed E-state index contributed by atoms with van der Waals surface area (Å²) in [5, 5.41) is 8.78. The standard InChI is InChI=1S/C10H11Cl2NO2/c1-3-15-8(14)7(5-13)4-9(2)6-10(9,11)12/h4H,3,6H2,1-2H3. The Hall–Kier alpha value is -0.720. The summed E-state index contributed by atoms with van der Waals surface area (Å²) in [6.07, 6.45) is 2.03. The van der Waals surface area contributed by atoms with Crippen LogP contribution in [0.1, 0.15) is 20.3 Å². The first-order chi connectivity index (χ1) is 6.86. The summed E-state index contributed by atoms with van der Waals surface area (Å²) >= 11 is 11.8. The highest BCUT2D eigenvalue weighted by Crippen LogP contribution is 2.64. The zero-order valence-electron chi connectivity index (χ0n) is 8.51. The molecule has 0 amide bonds. The van der Waals surface area contributed by atoms with Gasteiger partial charge in [-0.05, 0) is 13.3 Å². The molecule has 15 heavy (non-hydrogen) atoms. The van der Waals surface area contributed by atoms with Crippen LogP contribution in [-0.4, -0.2) is 16.9 Å². The summed E-state index contributed by atoms with van der Waals surface area (Å²) < 4.78 is 3.85. The van der Waals surface area contributed by atoms with Crippen molar-refractivity contribution in [2.75, 3.05) is 6.61 Å². The van der Waals surface area contributed by atoms with Crippen LogP contribution >= 0.6 is 23.2 Å². The summed E-state index contributed by atoms with van der Waals surface area (Å²) in [4.78, 5) is 11.3. The Labute approximate surface area is 98.6 Å². The molecule has 0 bridgehead atoms. The molecule has 0 aromatic carbocycles. The summed E-state index contributed by atoms with van der Waals surface area (Å²) in [7, 11) is 0. The van der Waals surface area contributed by atoms with Crippen molar-refractivity contribution in [3.8, 4) is 6.07 Å². The molecule has 0 aromatic rings. The Morgan fingerprint density at radius 2 is 2.20 bits per heavy atom. The summed E-state index contributed by atoms with van der Waals surface area (Å²) in [5.74, 6) is -0.628. The summed E-state index contributed by atoms with van der Waals surface area (Å²) in [6.45, 7) is 3.71. The topological polar surface area (TPSA) is 50.1 Å². The molecule has 3 nitrogen and oxygen atoms in total. The number of hydrogen-bond donors (Lipinski definition) is 0. The number of allylic oxidation sites excluding steroid dienone is 1. The van der Waals surface area contributed by atoms with Crippen LogP contribution in [0.2, 0.25) is 0 Å². The second kappa shape index (κ2) is 4.03. The number of nitrogens with zero attached hydrogens (tertiary/aromatic N) is 1. The van der Waals surface area contributed by atoms with Crippen molar-refractivity contribution in [2.45, 2.75) is 24.6 Å². The smallest absolute Gasteiger partial charge is 0.348 e. The number of alkyl halides is 2. The van der Waals surface area contributed by atoms with Crippen LogP contribution in [0.5, 0.6) is 0 Å².